The topological polar surface area (TPSA) is 8.17 Å². The van der Waals surface area contributed by atoms with E-state index in [1.54, 1.807) is 0 Å². The zero-order valence-corrected chi connectivity index (χ0v) is 33.0. The molecule has 2 nitrogen and oxygen atoms in total. The van der Waals surface area contributed by atoms with E-state index in [2.05, 4.69) is 252 Å². The Morgan fingerprint density at radius 3 is 1.58 bits per heavy atom. The van der Waals surface area contributed by atoms with E-state index in [-0.39, 0.29) is 0 Å². The van der Waals surface area contributed by atoms with E-state index in [1.165, 1.54) is 71.6 Å². The van der Waals surface area contributed by atoms with Crippen molar-refractivity contribution >= 4 is 49.6 Å². The summed E-state index contributed by atoms with van der Waals surface area (Å²) in [5, 5.41) is 4.94. The molecule has 0 radical (unpaired) electrons. The molecular formula is C58H40N2. The molecule has 0 bridgehead atoms. The van der Waals surface area contributed by atoms with Crippen molar-refractivity contribution in [1.29, 1.82) is 0 Å². The highest BCUT2D eigenvalue weighted by molar-refractivity contribution is 6.11. The van der Waals surface area contributed by atoms with Crippen molar-refractivity contribution in [3.63, 3.8) is 0 Å². The van der Waals surface area contributed by atoms with E-state index in [9.17, 15) is 0 Å². The molecule has 0 amide bonds. The van der Waals surface area contributed by atoms with Crippen LogP contribution in [-0.4, -0.2) is 4.57 Å². The second-order valence-electron chi connectivity index (χ2n) is 15.3. The molecule has 11 rings (SSSR count). The van der Waals surface area contributed by atoms with Crippen LogP contribution in [0.2, 0.25) is 0 Å². The van der Waals surface area contributed by atoms with Crippen LogP contribution >= 0.6 is 0 Å². The van der Waals surface area contributed by atoms with Crippen molar-refractivity contribution < 1.29 is 0 Å². The minimum atomic E-state index is 1.07. The maximum Gasteiger partial charge on any atom is 0.0561 e. The first kappa shape index (κ1) is 35.2. The third kappa shape index (κ3) is 6.14. The molecule has 0 atom stereocenters. The van der Waals surface area contributed by atoms with Gasteiger partial charge in [-0.25, -0.2) is 0 Å². The minimum Gasteiger partial charge on any atom is -0.310 e. The third-order valence-electron chi connectivity index (χ3n) is 11.8. The molecular weight excluding hydrogens is 725 g/mol. The fourth-order valence-corrected chi connectivity index (χ4v) is 9.09. The van der Waals surface area contributed by atoms with Gasteiger partial charge < -0.3 is 9.47 Å². The molecule has 0 saturated heterocycles. The Morgan fingerprint density at radius 2 is 0.817 bits per heavy atom. The summed E-state index contributed by atoms with van der Waals surface area (Å²) in [5.41, 5.74) is 16.2. The Bertz CT molecular complexity index is 3290. The first-order valence-corrected chi connectivity index (χ1v) is 20.6. The van der Waals surface area contributed by atoms with Gasteiger partial charge in [-0.3, -0.25) is 0 Å². The average Bonchev–Trinajstić information content (AvgIpc) is 3.66. The summed E-state index contributed by atoms with van der Waals surface area (Å²) in [6.07, 6.45) is 0. The molecule has 60 heavy (non-hydrogen) atoms. The van der Waals surface area contributed by atoms with Gasteiger partial charge in [0.25, 0.3) is 0 Å². The number of rotatable bonds is 8. The Morgan fingerprint density at radius 1 is 0.300 bits per heavy atom. The Kier molecular flexibility index (Phi) is 8.87. The number of hydrogen-bond acceptors (Lipinski definition) is 1. The van der Waals surface area contributed by atoms with E-state index < -0.39 is 0 Å². The lowest BCUT2D eigenvalue weighted by atomic mass is 9.87. The molecule has 0 saturated carbocycles. The summed E-state index contributed by atoms with van der Waals surface area (Å²) in [7, 11) is 0. The van der Waals surface area contributed by atoms with Crippen LogP contribution in [0.3, 0.4) is 0 Å². The zero-order valence-electron chi connectivity index (χ0n) is 33.0. The molecule has 0 fully saturated rings. The molecule has 11 aromatic rings. The highest BCUT2D eigenvalue weighted by Gasteiger charge is 2.24. The van der Waals surface area contributed by atoms with E-state index in [0.717, 1.165) is 28.3 Å². The second-order valence-corrected chi connectivity index (χ2v) is 15.3. The van der Waals surface area contributed by atoms with Crippen molar-refractivity contribution in [2.45, 2.75) is 0 Å². The van der Waals surface area contributed by atoms with Gasteiger partial charge in [0.2, 0.25) is 0 Å². The molecule has 2 heteroatoms. The minimum absolute atomic E-state index is 1.07. The number of fused-ring (bicyclic) bond motifs is 4. The standard InChI is InChI=1S/C58H40N2/c1-4-18-41(19-5-1)50-27-12-13-29-54(50)58-51(43-20-6-2-7-21-43)31-17-33-56(58)59(46-36-34-44(35-37-46)49-30-16-23-42-22-10-11-26-48(42)49)47-38-39-53-52-28-14-15-32-55(52)60(57(53)40-47)45-24-8-3-9-25-45/h1-40H. The summed E-state index contributed by atoms with van der Waals surface area (Å²) < 4.78 is 2.40. The lowest BCUT2D eigenvalue weighted by molar-refractivity contribution is 1.18. The van der Waals surface area contributed by atoms with Crippen LogP contribution in [0.5, 0.6) is 0 Å². The third-order valence-corrected chi connectivity index (χ3v) is 11.8. The first-order valence-electron chi connectivity index (χ1n) is 20.6. The first-order chi connectivity index (χ1) is 29.8. The van der Waals surface area contributed by atoms with E-state index in [4.69, 9.17) is 0 Å². The van der Waals surface area contributed by atoms with Gasteiger partial charge in [0.05, 0.1) is 16.7 Å². The molecule has 10 aromatic carbocycles. The van der Waals surface area contributed by atoms with Gasteiger partial charge in [-0.1, -0.05) is 194 Å². The van der Waals surface area contributed by atoms with Gasteiger partial charge >= 0.3 is 0 Å². The number of benzene rings is 10. The normalized spacial score (nSPS) is 11.3. The van der Waals surface area contributed by atoms with Crippen LogP contribution in [0, 0.1) is 0 Å². The van der Waals surface area contributed by atoms with Crippen LogP contribution in [0.1, 0.15) is 0 Å². The maximum atomic E-state index is 2.46. The number of aromatic nitrogens is 1. The summed E-state index contributed by atoms with van der Waals surface area (Å²) in [4.78, 5) is 2.46. The molecule has 282 valence electrons. The number of para-hydroxylation sites is 2. The Hall–Kier alpha value is -7.94. The number of nitrogens with zero attached hydrogens (tertiary/aromatic N) is 2. The van der Waals surface area contributed by atoms with E-state index in [0.29, 0.717) is 0 Å². The molecule has 0 aliphatic heterocycles. The molecule has 1 aromatic heterocycles. The number of hydrogen-bond donors (Lipinski definition) is 0. The lowest BCUT2D eigenvalue weighted by Crippen LogP contribution is -2.12. The Balaban J connectivity index is 1.20. The zero-order chi connectivity index (χ0) is 39.8. The van der Waals surface area contributed by atoms with Gasteiger partial charge in [0.1, 0.15) is 0 Å². The highest BCUT2D eigenvalue weighted by atomic mass is 15.1. The quantitative estimate of drug-likeness (QED) is 0.150. The van der Waals surface area contributed by atoms with Gasteiger partial charge in [-0.05, 0) is 98.2 Å². The summed E-state index contributed by atoms with van der Waals surface area (Å²) >= 11 is 0. The van der Waals surface area contributed by atoms with Crippen molar-refractivity contribution in [3.05, 3.63) is 243 Å². The maximum absolute atomic E-state index is 2.46. The van der Waals surface area contributed by atoms with Crippen molar-refractivity contribution in [2.24, 2.45) is 0 Å². The molecule has 0 aliphatic rings. The van der Waals surface area contributed by atoms with Crippen molar-refractivity contribution in [3.8, 4) is 50.2 Å². The highest BCUT2D eigenvalue weighted by Crippen LogP contribution is 2.49. The largest absolute Gasteiger partial charge is 0.310 e. The predicted octanol–water partition coefficient (Wildman–Crippen LogP) is 16.1. The van der Waals surface area contributed by atoms with Crippen LogP contribution in [0.4, 0.5) is 17.1 Å². The van der Waals surface area contributed by atoms with Crippen molar-refractivity contribution in [2.75, 3.05) is 4.90 Å². The van der Waals surface area contributed by atoms with Crippen molar-refractivity contribution in [1.82, 2.24) is 4.57 Å². The Labute approximate surface area is 350 Å². The van der Waals surface area contributed by atoms with Crippen LogP contribution in [0.15, 0.2) is 243 Å². The lowest BCUT2D eigenvalue weighted by Gasteiger charge is -2.30. The smallest absolute Gasteiger partial charge is 0.0561 e. The summed E-state index contributed by atoms with van der Waals surface area (Å²) in [5.74, 6) is 0. The predicted molar refractivity (Wildman–Crippen MR) is 255 cm³/mol. The molecule has 0 N–H and O–H groups in total. The average molecular weight is 765 g/mol. The molecule has 1 heterocycles. The molecule has 0 aliphatic carbocycles. The second kappa shape index (κ2) is 15.1. The molecule has 0 spiro atoms. The van der Waals surface area contributed by atoms with E-state index in [1.807, 2.05) is 0 Å². The van der Waals surface area contributed by atoms with Crippen LogP contribution in [-0.2, 0) is 0 Å². The fourth-order valence-electron chi connectivity index (χ4n) is 9.09. The van der Waals surface area contributed by atoms with E-state index >= 15 is 0 Å². The van der Waals surface area contributed by atoms with Gasteiger partial charge in [-0.2, -0.15) is 0 Å². The SMILES string of the molecule is c1ccc(-c2ccccc2-c2c(-c3ccccc3)cccc2N(c2ccc(-c3cccc4ccccc34)cc2)c2ccc3c4ccccc4n(-c4ccccc4)c3c2)cc1. The molecule has 0 unspecified atom stereocenters. The summed E-state index contributed by atoms with van der Waals surface area (Å²) in [6.45, 7) is 0. The van der Waals surface area contributed by atoms with Crippen LogP contribution in [0.25, 0.3) is 82.8 Å². The van der Waals surface area contributed by atoms with Gasteiger partial charge in [0.15, 0.2) is 0 Å². The monoisotopic (exact) mass is 764 g/mol. The summed E-state index contributed by atoms with van der Waals surface area (Å²) in [6, 6.07) is 88.0. The van der Waals surface area contributed by atoms with Crippen LogP contribution < -0.4 is 4.90 Å². The van der Waals surface area contributed by atoms with Gasteiger partial charge in [0, 0.05) is 33.4 Å². The van der Waals surface area contributed by atoms with Gasteiger partial charge in [-0.15, -0.1) is 0 Å². The fraction of sp³-hybridized carbons (Fsp3) is 0. The number of anilines is 3.